The lowest BCUT2D eigenvalue weighted by atomic mass is 10.2. The van der Waals surface area contributed by atoms with Crippen LogP contribution in [-0.2, 0) is 0 Å². The predicted molar refractivity (Wildman–Crippen MR) is 61.8 cm³/mol. The topological polar surface area (TPSA) is 23.8 Å². The van der Waals surface area contributed by atoms with Crippen LogP contribution in [0, 0.1) is 11.3 Å². The van der Waals surface area contributed by atoms with E-state index >= 15 is 0 Å². The third kappa shape index (κ3) is 10.7. The van der Waals surface area contributed by atoms with E-state index in [1.807, 2.05) is 6.08 Å². The summed E-state index contributed by atoms with van der Waals surface area (Å²) in [7, 11) is 0. The summed E-state index contributed by atoms with van der Waals surface area (Å²) in [6.07, 6.45) is 16.4. The molecule has 0 aliphatic rings. The molecule has 0 bridgehead atoms. The van der Waals surface area contributed by atoms with Gasteiger partial charge in [-0.05, 0) is 32.1 Å². The van der Waals surface area contributed by atoms with Crippen molar-refractivity contribution in [3.8, 4) is 6.07 Å². The Balaban J connectivity index is 3.20. The Morgan fingerprint density at radius 3 is 1.86 bits per heavy atom. The van der Waals surface area contributed by atoms with Crippen molar-refractivity contribution in [2.75, 3.05) is 0 Å². The molecule has 0 rings (SSSR count). The zero-order valence-electron chi connectivity index (χ0n) is 8.78. The highest BCUT2D eigenvalue weighted by molar-refractivity contribution is 4.90. The first-order valence-corrected chi connectivity index (χ1v) is 5.19. The normalized spacial score (nSPS) is 10.8. The van der Waals surface area contributed by atoms with Gasteiger partial charge in [-0.3, -0.25) is 0 Å². The molecule has 76 valence electrons. The monoisotopic (exact) mass is 189 g/mol. The van der Waals surface area contributed by atoms with Gasteiger partial charge in [-0.15, -0.1) is 6.58 Å². The molecule has 0 N–H and O–H groups in total. The average Bonchev–Trinajstić information content (AvgIpc) is 2.21. The van der Waals surface area contributed by atoms with Gasteiger partial charge in [-0.1, -0.05) is 30.4 Å². The number of allylic oxidation sites excluding steroid dienone is 5. The van der Waals surface area contributed by atoms with Gasteiger partial charge in [0, 0.05) is 6.42 Å². The summed E-state index contributed by atoms with van der Waals surface area (Å²) in [6, 6.07) is 2.12. The van der Waals surface area contributed by atoms with E-state index in [1.165, 1.54) is 0 Å². The predicted octanol–water partition coefficient (Wildman–Crippen LogP) is 4.15. The molecule has 1 heteroatoms. The van der Waals surface area contributed by atoms with E-state index in [0.29, 0.717) is 6.42 Å². The van der Waals surface area contributed by atoms with Crippen LogP contribution in [0.15, 0.2) is 37.0 Å². The van der Waals surface area contributed by atoms with Crippen molar-refractivity contribution < 1.29 is 0 Å². The number of unbranched alkanes of at least 4 members (excludes halogenated alkanes) is 3. The molecule has 0 unspecified atom stereocenters. The first kappa shape index (κ1) is 12.7. The van der Waals surface area contributed by atoms with E-state index < -0.39 is 0 Å². The van der Waals surface area contributed by atoms with Crippen LogP contribution in [0.5, 0.6) is 0 Å². The number of nitriles is 1. The Kier molecular flexibility index (Phi) is 10.6. The molecule has 0 radical (unpaired) electrons. The lowest BCUT2D eigenvalue weighted by Crippen LogP contribution is -1.68. The Hall–Kier alpha value is -1.29. The van der Waals surface area contributed by atoms with Gasteiger partial charge in [0.15, 0.2) is 0 Å². The summed E-state index contributed by atoms with van der Waals surface area (Å²) in [6.45, 7) is 3.67. The van der Waals surface area contributed by atoms with Gasteiger partial charge >= 0.3 is 0 Å². The average molecular weight is 189 g/mol. The number of nitrogens with zero attached hydrogens (tertiary/aromatic N) is 1. The van der Waals surface area contributed by atoms with Gasteiger partial charge in [0.25, 0.3) is 0 Å². The maximum Gasteiger partial charge on any atom is 0.0624 e. The Bertz CT molecular complexity index is 218. The minimum absolute atomic E-state index is 0.631. The standard InChI is InChI=1S/C13H19N/c1-2-3-4-5-6-7-8-9-10-11-12-13-14/h2,5-6,9-10H,1,3-4,7-8,11-12H2/b6-5+,10-9+. The zero-order chi connectivity index (χ0) is 10.5. The fraction of sp³-hybridized carbons (Fsp3) is 0.462. The van der Waals surface area contributed by atoms with Gasteiger partial charge in [-0.25, -0.2) is 0 Å². The summed E-state index contributed by atoms with van der Waals surface area (Å²) in [4.78, 5) is 0. The third-order valence-corrected chi connectivity index (χ3v) is 1.79. The summed E-state index contributed by atoms with van der Waals surface area (Å²) >= 11 is 0. The Morgan fingerprint density at radius 1 is 0.857 bits per heavy atom. The molecule has 0 aliphatic carbocycles. The Morgan fingerprint density at radius 2 is 1.36 bits per heavy atom. The summed E-state index contributed by atoms with van der Waals surface area (Å²) in [5.74, 6) is 0. The van der Waals surface area contributed by atoms with Gasteiger partial charge in [-0.2, -0.15) is 5.26 Å². The minimum Gasteiger partial charge on any atom is -0.198 e. The van der Waals surface area contributed by atoms with Crippen LogP contribution >= 0.6 is 0 Å². The molecule has 0 spiro atoms. The van der Waals surface area contributed by atoms with Crippen molar-refractivity contribution in [1.29, 1.82) is 5.26 Å². The number of hydrogen-bond acceptors (Lipinski definition) is 1. The second kappa shape index (κ2) is 11.7. The largest absolute Gasteiger partial charge is 0.198 e. The number of rotatable bonds is 8. The first-order chi connectivity index (χ1) is 6.91. The zero-order valence-corrected chi connectivity index (χ0v) is 8.78. The van der Waals surface area contributed by atoms with E-state index in [-0.39, 0.29) is 0 Å². The minimum atomic E-state index is 0.631. The van der Waals surface area contributed by atoms with E-state index in [1.54, 1.807) is 0 Å². The number of hydrogen-bond donors (Lipinski definition) is 0. The Labute approximate surface area is 87.4 Å². The lowest BCUT2D eigenvalue weighted by Gasteiger charge is -1.87. The molecular weight excluding hydrogens is 170 g/mol. The molecule has 0 aromatic rings. The lowest BCUT2D eigenvalue weighted by molar-refractivity contribution is 0.989. The molecule has 0 atom stereocenters. The molecule has 0 fully saturated rings. The van der Waals surface area contributed by atoms with Crippen LogP contribution in [0.4, 0.5) is 0 Å². The van der Waals surface area contributed by atoms with E-state index in [9.17, 15) is 0 Å². The molecular formula is C13H19N. The smallest absolute Gasteiger partial charge is 0.0624 e. The second-order valence-electron chi connectivity index (χ2n) is 3.08. The molecule has 14 heavy (non-hydrogen) atoms. The van der Waals surface area contributed by atoms with Crippen LogP contribution in [0.3, 0.4) is 0 Å². The molecule has 0 saturated carbocycles. The molecule has 0 aromatic carbocycles. The van der Waals surface area contributed by atoms with Crippen molar-refractivity contribution in [2.24, 2.45) is 0 Å². The van der Waals surface area contributed by atoms with Gasteiger partial charge < -0.3 is 0 Å². The van der Waals surface area contributed by atoms with E-state index in [0.717, 1.165) is 32.1 Å². The SMILES string of the molecule is C=CCC/C=C/CC/C=C/CCC#N. The van der Waals surface area contributed by atoms with Crippen molar-refractivity contribution in [3.05, 3.63) is 37.0 Å². The summed E-state index contributed by atoms with van der Waals surface area (Å²) in [5.41, 5.74) is 0. The van der Waals surface area contributed by atoms with Crippen molar-refractivity contribution in [3.63, 3.8) is 0 Å². The maximum atomic E-state index is 8.29. The van der Waals surface area contributed by atoms with Gasteiger partial charge in [0.1, 0.15) is 0 Å². The fourth-order valence-electron chi connectivity index (χ4n) is 1.03. The van der Waals surface area contributed by atoms with Crippen LogP contribution in [0.25, 0.3) is 0 Å². The van der Waals surface area contributed by atoms with Crippen molar-refractivity contribution in [2.45, 2.75) is 38.5 Å². The highest BCUT2D eigenvalue weighted by Crippen LogP contribution is 1.98. The van der Waals surface area contributed by atoms with E-state index in [4.69, 9.17) is 5.26 Å². The maximum absolute atomic E-state index is 8.29. The van der Waals surface area contributed by atoms with Crippen LogP contribution in [-0.4, -0.2) is 0 Å². The fourth-order valence-corrected chi connectivity index (χ4v) is 1.03. The molecule has 0 aromatic heterocycles. The molecule has 0 heterocycles. The summed E-state index contributed by atoms with van der Waals surface area (Å²) in [5, 5.41) is 8.29. The second-order valence-corrected chi connectivity index (χ2v) is 3.08. The van der Waals surface area contributed by atoms with Crippen molar-refractivity contribution >= 4 is 0 Å². The van der Waals surface area contributed by atoms with Gasteiger partial charge in [0.2, 0.25) is 0 Å². The highest BCUT2D eigenvalue weighted by atomic mass is 14.2. The quantitative estimate of drug-likeness (QED) is 0.415. The first-order valence-electron chi connectivity index (χ1n) is 5.19. The molecule has 0 amide bonds. The van der Waals surface area contributed by atoms with Crippen LogP contribution in [0.2, 0.25) is 0 Å². The van der Waals surface area contributed by atoms with E-state index in [2.05, 4.69) is 37.0 Å². The van der Waals surface area contributed by atoms with Crippen molar-refractivity contribution in [1.82, 2.24) is 0 Å². The molecule has 1 nitrogen and oxygen atoms in total. The summed E-state index contributed by atoms with van der Waals surface area (Å²) < 4.78 is 0. The third-order valence-electron chi connectivity index (χ3n) is 1.79. The van der Waals surface area contributed by atoms with Crippen LogP contribution < -0.4 is 0 Å². The molecule has 0 aliphatic heterocycles. The van der Waals surface area contributed by atoms with Crippen LogP contribution in [0.1, 0.15) is 38.5 Å². The highest BCUT2D eigenvalue weighted by Gasteiger charge is 1.79. The molecule has 0 saturated heterocycles. The van der Waals surface area contributed by atoms with Gasteiger partial charge in [0.05, 0.1) is 6.07 Å².